The van der Waals surface area contributed by atoms with Gasteiger partial charge in [0.25, 0.3) is 11.8 Å². The number of fused-ring (bicyclic) bond motifs is 4. The molecule has 0 atom stereocenters. The Morgan fingerprint density at radius 2 is 1.44 bits per heavy atom. The Balaban J connectivity index is 0.951. The Kier molecular flexibility index (Phi) is 11.7. The minimum atomic E-state index is -1.41. The number of aromatic hydroxyl groups is 1. The third kappa shape index (κ3) is 8.14. The van der Waals surface area contributed by atoms with Gasteiger partial charge in [-0.3, -0.25) is 14.4 Å². The van der Waals surface area contributed by atoms with E-state index in [-0.39, 0.29) is 73.6 Å². The number of hydrogen-bond acceptors (Lipinski definition) is 9. The quantitative estimate of drug-likeness (QED) is 0.0779. The summed E-state index contributed by atoms with van der Waals surface area (Å²) in [4.78, 5) is 67.8. The summed E-state index contributed by atoms with van der Waals surface area (Å²) >= 11 is 13.8. The molecule has 5 N–H and O–H groups in total. The second kappa shape index (κ2) is 17.8. The Labute approximate surface area is 396 Å². The molecule has 0 fully saturated rings. The normalized spacial score (nSPS) is 11.7. The summed E-state index contributed by atoms with van der Waals surface area (Å²) in [6.07, 6.45) is 0. The van der Waals surface area contributed by atoms with Crippen molar-refractivity contribution in [3.8, 4) is 39.7 Å². The average Bonchev–Trinajstić information content (AvgIpc) is 3.31. The number of benzene rings is 7. The number of halogens is 2. The third-order valence-corrected chi connectivity index (χ3v) is 12.4. The summed E-state index contributed by atoms with van der Waals surface area (Å²) in [5.41, 5.74) is 3.36. The van der Waals surface area contributed by atoms with Crippen LogP contribution in [0.15, 0.2) is 131 Å². The number of carbonyl (C=O) groups is 4. The molecule has 68 heavy (non-hydrogen) atoms. The molecule has 9 rings (SSSR count). The van der Waals surface area contributed by atoms with E-state index in [4.69, 9.17) is 32.4 Å². The fourth-order valence-corrected chi connectivity index (χ4v) is 8.97. The highest BCUT2D eigenvalue weighted by atomic mass is 35.5. The zero-order valence-electron chi connectivity index (χ0n) is 36.1. The summed E-state index contributed by atoms with van der Waals surface area (Å²) in [5, 5.41) is 37.8. The fraction of sp³-hybridized carbons (Fsp3) is 0.0755. The first-order valence-electron chi connectivity index (χ1n) is 20.9. The van der Waals surface area contributed by atoms with Crippen LogP contribution in [0.4, 0.5) is 5.69 Å². The van der Waals surface area contributed by atoms with Gasteiger partial charge >= 0.3 is 11.9 Å². The standard InChI is InChI=1S/C53H37Cl2N3O10/c1-26-8-15-34-41(20-26)67-42-21-29(58(2)3)13-16-35(42)45(34)46-39(54)23-37(48(55)47(46)53(65)66)51(62)56-24-27-9-11-28(12-10-27)50(61)57-25-38-40(60)19-18-36-44(31-6-4-5-7-32(31)52(63)64)33-17-14-30(59)22-43(33)68-49(36)38/h4-23,59H,1,24-25H2,2-3H3,(H,56,62)(H,57,61)(H,63,64)(H,65,66). The molecule has 2 heterocycles. The summed E-state index contributed by atoms with van der Waals surface area (Å²) in [5.74, 6) is -2.90. The maximum atomic E-state index is 13.7. The number of carboxylic acid groups (broad SMARTS) is 2. The van der Waals surface area contributed by atoms with Gasteiger partial charge in [-0.2, -0.15) is 0 Å². The number of nitrogens with zero attached hydrogens (tertiary/aromatic N) is 1. The highest BCUT2D eigenvalue weighted by molar-refractivity contribution is 6.40. The maximum absolute atomic E-state index is 13.7. The van der Waals surface area contributed by atoms with Crippen LogP contribution < -0.4 is 36.1 Å². The summed E-state index contributed by atoms with van der Waals surface area (Å²) in [6, 6.07) is 32.1. The average molecular weight is 947 g/mol. The van der Waals surface area contributed by atoms with E-state index in [2.05, 4.69) is 17.2 Å². The topological polar surface area (TPSA) is 196 Å². The van der Waals surface area contributed by atoms with E-state index in [1.807, 2.05) is 37.2 Å². The van der Waals surface area contributed by atoms with E-state index < -0.39 is 29.2 Å². The number of nitrogens with one attached hydrogen (secondary N) is 2. The lowest BCUT2D eigenvalue weighted by Gasteiger charge is -2.25. The second-order valence-corrected chi connectivity index (χ2v) is 16.9. The molecule has 0 spiro atoms. The van der Waals surface area contributed by atoms with Gasteiger partial charge in [0.15, 0.2) is 5.43 Å². The third-order valence-electron chi connectivity index (χ3n) is 11.7. The number of carboxylic acids is 2. The summed E-state index contributed by atoms with van der Waals surface area (Å²) in [6.45, 7) is 3.71. The Hall–Kier alpha value is -8.39. The van der Waals surface area contributed by atoms with Crippen molar-refractivity contribution in [3.05, 3.63) is 197 Å². The van der Waals surface area contributed by atoms with Crippen molar-refractivity contribution in [2.45, 2.75) is 13.1 Å². The van der Waals surface area contributed by atoms with Crippen molar-refractivity contribution in [2.75, 3.05) is 19.0 Å². The van der Waals surface area contributed by atoms with Crippen LogP contribution in [0.1, 0.15) is 63.7 Å². The number of ether oxygens (including phenoxy) is 1. The summed E-state index contributed by atoms with van der Waals surface area (Å²) in [7, 11) is 3.77. The van der Waals surface area contributed by atoms with Crippen LogP contribution in [0.25, 0.3) is 45.6 Å². The van der Waals surface area contributed by atoms with Crippen molar-refractivity contribution >= 4 is 75.8 Å². The number of aromatic carboxylic acids is 2. The number of carbonyl (C=O) groups excluding carboxylic acids is 2. The molecule has 2 amide bonds. The molecule has 13 nitrogen and oxygen atoms in total. The highest BCUT2D eigenvalue weighted by Crippen LogP contribution is 2.45. The molecule has 6 aromatic carbocycles. The van der Waals surface area contributed by atoms with Crippen LogP contribution in [-0.2, 0) is 13.1 Å². The van der Waals surface area contributed by atoms with Crippen LogP contribution >= 0.6 is 23.2 Å². The largest absolute Gasteiger partial charge is 0.508 e. The van der Waals surface area contributed by atoms with Crippen molar-refractivity contribution in [2.24, 2.45) is 0 Å². The van der Waals surface area contributed by atoms with Gasteiger partial charge in [-0.05, 0) is 83.1 Å². The number of phenolic OH excluding ortho intramolecular Hbond substituents is 1. The fourth-order valence-electron chi connectivity index (χ4n) is 8.36. The van der Waals surface area contributed by atoms with Crippen LogP contribution in [0, 0.1) is 0 Å². The van der Waals surface area contributed by atoms with Crippen LogP contribution in [0.2, 0.25) is 10.0 Å². The monoisotopic (exact) mass is 945 g/mol. The lowest BCUT2D eigenvalue weighted by atomic mass is 9.88. The van der Waals surface area contributed by atoms with Crippen LogP contribution in [0.5, 0.6) is 17.2 Å². The molecule has 1 aliphatic carbocycles. The second-order valence-electron chi connectivity index (χ2n) is 16.1. The predicted molar refractivity (Wildman–Crippen MR) is 259 cm³/mol. The van der Waals surface area contributed by atoms with Gasteiger partial charge in [0.1, 0.15) is 28.6 Å². The lowest BCUT2D eigenvalue weighted by molar-refractivity contribution is 0.0686. The molecule has 0 radical (unpaired) electrons. The molecule has 0 saturated carbocycles. The van der Waals surface area contributed by atoms with Crippen molar-refractivity contribution < 1.29 is 43.7 Å². The first kappa shape index (κ1) is 44.8. The number of rotatable bonds is 11. The smallest absolute Gasteiger partial charge is 0.337 e. The van der Waals surface area contributed by atoms with E-state index in [0.717, 1.165) is 5.69 Å². The number of anilines is 1. The Morgan fingerprint density at radius 1 is 0.706 bits per heavy atom. The van der Waals surface area contributed by atoms with Crippen LogP contribution in [-0.4, -0.2) is 53.2 Å². The molecule has 6 aromatic rings. The van der Waals surface area contributed by atoms with Gasteiger partial charge in [0.2, 0.25) is 0 Å². The number of hydrogen-bond donors (Lipinski definition) is 5. The van der Waals surface area contributed by atoms with E-state index in [1.165, 1.54) is 48.5 Å². The molecule has 338 valence electrons. The van der Waals surface area contributed by atoms with Gasteiger partial charge < -0.3 is 40.0 Å². The first-order valence-corrected chi connectivity index (χ1v) is 21.6. The van der Waals surface area contributed by atoms with Crippen molar-refractivity contribution in [1.29, 1.82) is 0 Å². The molecule has 0 saturated heterocycles. The zero-order chi connectivity index (χ0) is 48.1. The van der Waals surface area contributed by atoms with Gasteiger partial charge in [0, 0.05) is 82.5 Å². The van der Waals surface area contributed by atoms with E-state index in [0.29, 0.717) is 60.7 Å². The lowest BCUT2D eigenvalue weighted by Crippen LogP contribution is -2.27. The number of amides is 2. The van der Waals surface area contributed by atoms with Gasteiger partial charge in [-0.25, -0.2) is 9.59 Å². The van der Waals surface area contributed by atoms with Gasteiger partial charge in [-0.15, -0.1) is 0 Å². The molecule has 0 bridgehead atoms. The molecule has 2 aliphatic heterocycles. The predicted octanol–water partition coefficient (Wildman–Crippen LogP) is 8.66. The van der Waals surface area contributed by atoms with Gasteiger partial charge in [0.05, 0.1) is 38.8 Å². The van der Waals surface area contributed by atoms with Crippen molar-refractivity contribution in [1.82, 2.24) is 10.6 Å². The van der Waals surface area contributed by atoms with Crippen LogP contribution in [0.3, 0.4) is 0 Å². The van der Waals surface area contributed by atoms with Crippen molar-refractivity contribution in [3.63, 3.8) is 0 Å². The molecular weight excluding hydrogens is 909 g/mol. The SMILES string of the molecule is C=c1ccc2c(c1)Oc1cc(N(C)C)ccc1C=2c1c(Cl)cc(C(=O)NCc2ccc(C(=O)NCc3c4oc5cc(O)ccc5c(-c5ccccc5C(=O)O)c-4ccc3=O)cc2)c(Cl)c1C(=O)O. The Bertz CT molecular complexity index is 3610. The maximum Gasteiger partial charge on any atom is 0.337 e. The summed E-state index contributed by atoms with van der Waals surface area (Å²) < 4.78 is 12.5. The molecule has 0 aromatic heterocycles. The molecule has 3 aliphatic rings. The Morgan fingerprint density at radius 3 is 2.18 bits per heavy atom. The van der Waals surface area contributed by atoms with E-state index >= 15 is 0 Å². The van der Waals surface area contributed by atoms with Gasteiger partial charge in [-0.1, -0.05) is 72.2 Å². The highest BCUT2D eigenvalue weighted by Gasteiger charge is 2.31. The van der Waals surface area contributed by atoms with E-state index in [9.17, 15) is 39.3 Å². The molecule has 15 heteroatoms. The molecular formula is C53H37Cl2N3O10. The zero-order valence-corrected chi connectivity index (χ0v) is 37.6. The first-order chi connectivity index (χ1) is 32.6. The van der Waals surface area contributed by atoms with E-state index in [1.54, 1.807) is 54.6 Å². The molecule has 0 unspecified atom stereocenters. The minimum Gasteiger partial charge on any atom is -0.508 e. The minimum absolute atomic E-state index is 0.0176. The number of phenols is 1.